The highest BCUT2D eigenvalue weighted by molar-refractivity contribution is 5.43. The van der Waals surface area contributed by atoms with Crippen LogP contribution < -0.4 is 0 Å². The summed E-state index contributed by atoms with van der Waals surface area (Å²) in [7, 11) is 3.54. The molecule has 2 aliphatic carbocycles. The van der Waals surface area contributed by atoms with Crippen molar-refractivity contribution in [2.45, 2.75) is 18.0 Å². The van der Waals surface area contributed by atoms with Gasteiger partial charge in [0.25, 0.3) is 0 Å². The fraction of sp³-hybridized carbons (Fsp3) is 0.529. The summed E-state index contributed by atoms with van der Waals surface area (Å²) in [6.07, 6.45) is 4.99. The maximum absolute atomic E-state index is 6.32. The Morgan fingerprint density at radius 2 is 1.40 bits per heavy atom. The van der Waals surface area contributed by atoms with E-state index >= 15 is 0 Å². The summed E-state index contributed by atoms with van der Waals surface area (Å²) >= 11 is 0. The summed E-state index contributed by atoms with van der Waals surface area (Å²) in [5.41, 5.74) is 2.75. The number of hydrogen-bond acceptors (Lipinski definition) is 3. The average Bonchev–Trinajstić information content (AvgIpc) is 3.22. The summed E-state index contributed by atoms with van der Waals surface area (Å²) in [6, 6.07) is 8.65. The molecule has 104 valence electrons. The highest BCUT2D eigenvalue weighted by Crippen LogP contribution is 2.71. The third-order valence-corrected chi connectivity index (χ3v) is 5.97. The molecule has 1 aromatic rings. The highest BCUT2D eigenvalue weighted by Gasteiger charge is 2.71. The minimum atomic E-state index is -0.475. The van der Waals surface area contributed by atoms with E-state index in [1.807, 2.05) is 0 Å². The minimum Gasteiger partial charge on any atom is -0.365 e. The zero-order chi connectivity index (χ0) is 13.5. The molecule has 1 saturated carbocycles. The van der Waals surface area contributed by atoms with Gasteiger partial charge in [0, 0.05) is 37.9 Å². The van der Waals surface area contributed by atoms with Crippen molar-refractivity contribution in [3.63, 3.8) is 0 Å². The molecular formula is C17H18O3. The molecule has 0 amide bonds. The quantitative estimate of drug-likeness (QED) is 0.611. The Hall–Kier alpha value is -1.16. The van der Waals surface area contributed by atoms with E-state index in [0.717, 1.165) is 0 Å². The van der Waals surface area contributed by atoms with E-state index in [0.29, 0.717) is 23.7 Å². The van der Waals surface area contributed by atoms with Crippen LogP contribution in [0.15, 0.2) is 36.4 Å². The van der Waals surface area contributed by atoms with Crippen LogP contribution in [0, 0.1) is 23.7 Å². The standard InChI is InChI=1S/C17H18O3/c1-18-17(19-2)11-7-8-12(17)14-13(11)15-9-5-3-4-6-10(9)16(14)20-15/h3-8,11-16H,1-2H3/t11-,12-,13+,14+,15-,16-/m0/s1. The normalized spacial score (nSPS) is 44.9. The van der Waals surface area contributed by atoms with Crippen LogP contribution >= 0.6 is 0 Å². The van der Waals surface area contributed by atoms with E-state index < -0.39 is 5.79 Å². The molecule has 2 aliphatic heterocycles. The van der Waals surface area contributed by atoms with Gasteiger partial charge in [0.05, 0.1) is 12.2 Å². The van der Waals surface area contributed by atoms with Crippen LogP contribution in [0.5, 0.6) is 0 Å². The number of fused-ring (bicyclic) bond motifs is 12. The van der Waals surface area contributed by atoms with Crippen molar-refractivity contribution in [3.05, 3.63) is 47.5 Å². The Morgan fingerprint density at radius 1 is 0.900 bits per heavy atom. The lowest BCUT2D eigenvalue weighted by atomic mass is 9.71. The second-order valence-corrected chi connectivity index (χ2v) is 6.33. The number of ether oxygens (including phenoxy) is 3. The molecule has 20 heavy (non-hydrogen) atoms. The second kappa shape index (κ2) is 3.53. The van der Waals surface area contributed by atoms with Gasteiger partial charge < -0.3 is 14.2 Å². The Labute approximate surface area is 118 Å². The van der Waals surface area contributed by atoms with Crippen LogP contribution in [-0.4, -0.2) is 20.0 Å². The van der Waals surface area contributed by atoms with Gasteiger partial charge >= 0.3 is 0 Å². The van der Waals surface area contributed by atoms with Crippen molar-refractivity contribution in [1.82, 2.24) is 0 Å². The molecule has 3 heteroatoms. The molecule has 0 N–H and O–H groups in total. The van der Waals surface area contributed by atoms with Gasteiger partial charge in [0.2, 0.25) is 0 Å². The Bertz CT molecular complexity index is 557. The molecule has 0 spiro atoms. The van der Waals surface area contributed by atoms with Crippen LogP contribution in [-0.2, 0) is 14.2 Å². The van der Waals surface area contributed by atoms with Crippen molar-refractivity contribution in [2.75, 3.05) is 14.2 Å². The van der Waals surface area contributed by atoms with Crippen LogP contribution in [0.3, 0.4) is 0 Å². The number of benzene rings is 1. The first kappa shape index (κ1) is 11.5. The molecule has 0 aromatic heterocycles. The smallest absolute Gasteiger partial charge is 0.180 e. The van der Waals surface area contributed by atoms with Gasteiger partial charge in [-0.3, -0.25) is 0 Å². The predicted octanol–water partition coefficient (Wildman–Crippen LogP) is 2.85. The van der Waals surface area contributed by atoms with Crippen molar-refractivity contribution in [3.8, 4) is 0 Å². The van der Waals surface area contributed by atoms with Crippen LogP contribution in [0.25, 0.3) is 0 Å². The monoisotopic (exact) mass is 270 g/mol. The van der Waals surface area contributed by atoms with Crippen LogP contribution in [0.4, 0.5) is 0 Å². The van der Waals surface area contributed by atoms with Gasteiger partial charge in [0.1, 0.15) is 0 Å². The van der Waals surface area contributed by atoms with Crippen molar-refractivity contribution in [2.24, 2.45) is 23.7 Å². The summed E-state index contributed by atoms with van der Waals surface area (Å²) in [6.45, 7) is 0. The lowest BCUT2D eigenvalue weighted by Gasteiger charge is -2.33. The highest BCUT2D eigenvalue weighted by atomic mass is 16.7. The predicted molar refractivity (Wildman–Crippen MR) is 72.9 cm³/mol. The molecule has 4 aliphatic rings. The average molecular weight is 270 g/mol. The molecular weight excluding hydrogens is 252 g/mol. The second-order valence-electron chi connectivity index (χ2n) is 6.33. The van der Waals surface area contributed by atoms with Crippen molar-refractivity contribution in [1.29, 1.82) is 0 Å². The van der Waals surface area contributed by atoms with Gasteiger partial charge in [-0.15, -0.1) is 0 Å². The molecule has 2 heterocycles. The Kier molecular flexibility index (Phi) is 2.03. The summed E-state index contributed by atoms with van der Waals surface area (Å²) < 4.78 is 18.0. The van der Waals surface area contributed by atoms with E-state index in [4.69, 9.17) is 14.2 Å². The molecule has 6 atom stereocenters. The van der Waals surface area contributed by atoms with Gasteiger partial charge in [0.15, 0.2) is 5.79 Å². The topological polar surface area (TPSA) is 27.7 Å². The maximum atomic E-state index is 6.32. The largest absolute Gasteiger partial charge is 0.365 e. The molecule has 1 aromatic carbocycles. The van der Waals surface area contributed by atoms with E-state index in [9.17, 15) is 0 Å². The number of rotatable bonds is 2. The number of hydrogen-bond donors (Lipinski definition) is 0. The van der Waals surface area contributed by atoms with E-state index in [2.05, 4.69) is 36.4 Å². The Morgan fingerprint density at radius 3 is 1.85 bits per heavy atom. The lowest BCUT2D eigenvalue weighted by Crippen LogP contribution is -2.41. The molecule has 3 nitrogen and oxygen atoms in total. The third kappa shape index (κ3) is 1.01. The van der Waals surface area contributed by atoms with E-state index in [1.54, 1.807) is 14.2 Å². The molecule has 1 saturated heterocycles. The fourth-order valence-corrected chi connectivity index (χ4v) is 5.34. The summed E-state index contributed by atoms with van der Waals surface area (Å²) in [5, 5.41) is 0. The summed E-state index contributed by atoms with van der Waals surface area (Å²) in [4.78, 5) is 0. The minimum absolute atomic E-state index is 0.214. The van der Waals surface area contributed by atoms with Crippen LogP contribution in [0.2, 0.25) is 0 Å². The molecule has 0 radical (unpaired) electrons. The van der Waals surface area contributed by atoms with Gasteiger partial charge in [-0.25, -0.2) is 0 Å². The first-order valence-corrected chi connectivity index (χ1v) is 7.34. The molecule has 5 rings (SSSR count). The molecule has 2 fully saturated rings. The first-order valence-electron chi connectivity index (χ1n) is 7.34. The van der Waals surface area contributed by atoms with Gasteiger partial charge in [-0.05, 0) is 11.1 Å². The van der Waals surface area contributed by atoms with E-state index in [-0.39, 0.29) is 12.2 Å². The molecule has 0 unspecified atom stereocenters. The Balaban J connectivity index is 1.66. The number of methoxy groups -OCH3 is 2. The summed E-state index contributed by atoms with van der Waals surface area (Å²) in [5.74, 6) is 1.11. The maximum Gasteiger partial charge on any atom is 0.180 e. The van der Waals surface area contributed by atoms with E-state index in [1.165, 1.54) is 11.1 Å². The lowest BCUT2D eigenvalue weighted by molar-refractivity contribution is -0.240. The SMILES string of the molecule is COC1(OC)[C@H]2C=C[C@H]1[C@@H]1[C@@H]2[C@H]2O[C@H]1c1ccccc12. The third-order valence-electron chi connectivity index (χ3n) is 5.97. The van der Waals surface area contributed by atoms with Crippen molar-refractivity contribution < 1.29 is 14.2 Å². The first-order chi connectivity index (χ1) is 9.81. The van der Waals surface area contributed by atoms with Crippen LogP contribution in [0.1, 0.15) is 23.3 Å². The zero-order valence-corrected chi connectivity index (χ0v) is 11.7. The van der Waals surface area contributed by atoms with Gasteiger partial charge in [-0.1, -0.05) is 36.4 Å². The zero-order valence-electron chi connectivity index (χ0n) is 11.7. The van der Waals surface area contributed by atoms with Crippen molar-refractivity contribution >= 4 is 0 Å². The fourth-order valence-electron chi connectivity index (χ4n) is 5.34. The molecule has 4 bridgehead atoms. The van der Waals surface area contributed by atoms with Gasteiger partial charge in [-0.2, -0.15) is 0 Å².